The Kier molecular flexibility index (Phi) is 5.54. The lowest BCUT2D eigenvalue weighted by molar-refractivity contribution is 0.0305. The van der Waals surface area contributed by atoms with E-state index >= 15 is 0 Å². The van der Waals surface area contributed by atoms with Crippen LogP contribution >= 0.6 is 11.3 Å². The number of sulfonamides is 1. The number of rotatable bonds is 4. The van der Waals surface area contributed by atoms with Crippen LogP contribution in [0.3, 0.4) is 0 Å². The van der Waals surface area contributed by atoms with Crippen LogP contribution in [0.1, 0.15) is 33.9 Å². The Morgan fingerprint density at radius 1 is 1.14 bits per heavy atom. The summed E-state index contributed by atoms with van der Waals surface area (Å²) in [5, 5.41) is 0.660. The summed E-state index contributed by atoms with van der Waals surface area (Å²) in [6.07, 6.45) is 1.80. The molecule has 29 heavy (non-hydrogen) atoms. The highest BCUT2D eigenvalue weighted by molar-refractivity contribution is 7.89. The van der Waals surface area contributed by atoms with Gasteiger partial charge in [-0.2, -0.15) is 4.31 Å². The van der Waals surface area contributed by atoms with Crippen molar-refractivity contribution in [3.05, 3.63) is 22.3 Å². The summed E-state index contributed by atoms with van der Waals surface area (Å²) < 4.78 is 34.9. The van der Waals surface area contributed by atoms with Gasteiger partial charge in [-0.3, -0.25) is 4.79 Å². The summed E-state index contributed by atoms with van der Waals surface area (Å²) in [7, 11) is -1.67. The molecule has 2 aliphatic heterocycles. The summed E-state index contributed by atoms with van der Waals surface area (Å²) in [5.41, 5.74) is 2.07. The maximum absolute atomic E-state index is 13.1. The monoisotopic (exact) mass is 438 g/mol. The van der Waals surface area contributed by atoms with Crippen molar-refractivity contribution in [2.24, 2.45) is 7.05 Å². The highest BCUT2D eigenvalue weighted by Gasteiger charge is 2.32. The third kappa shape index (κ3) is 3.63. The van der Waals surface area contributed by atoms with E-state index in [-0.39, 0.29) is 5.91 Å². The van der Waals surface area contributed by atoms with Gasteiger partial charge in [0.1, 0.15) is 14.8 Å². The molecule has 0 aliphatic carbocycles. The normalized spacial score (nSPS) is 18.5. The van der Waals surface area contributed by atoms with Crippen molar-refractivity contribution in [3.63, 3.8) is 0 Å². The largest absolute Gasteiger partial charge is 0.378 e. The lowest BCUT2D eigenvalue weighted by Crippen LogP contribution is -2.40. The predicted molar refractivity (Wildman–Crippen MR) is 111 cm³/mol. The van der Waals surface area contributed by atoms with E-state index in [0.717, 1.165) is 18.5 Å². The maximum Gasteiger partial charge on any atom is 0.266 e. The molecule has 10 heteroatoms. The van der Waals surface area contributed by atoms with Crippen LogP contribution in [0.15, 0.2) is 11.0 Å². The second kappa shape index (κ2) is 7.82. The summed E-state index contributed by atoms with van der Waals surface area (Å²) in [6.45, 7) is 7.02. The van der Waals surface area contributed by atoms with E-state index in [1.54, 1.807) is 15.3 Å². The Morgan fingerprint density at radius 2 is 1.79 bits per heavy atom. The molecule has 2 aromatic heterocycles. The fourth-order valence-electron chi connectivity index (χ4n) is 3.82. The number of carbonyl (C=O) groups is 1. The van der Waals surface area contributed by atoms with Crippen molar-refractivity contribution in [2.75, 3.05) is 39.4 Å². The van der Waals surface area contributed by atoms with Gasteiger partial charge in [0.05, 0.1) is 24.6 Å². The zero-order valence-corrected chi connectivity index (χ0v) is 18.6. The summed E-state index contributed by atoms with van der Waals surface area (Å²) >= 11 is 1.32. The Balaban J connectivity index is 1.68. The first-order valence-corrected chi connectivity index (χ1v) is 12.1. The number of carbonyl (C=O) groups excluding carboxylic acids is 1. The number of morpholine rings is 1. The molecule has 0 unspecified atom stereocenters. The lowest BCUT2D eigenvalue weighted by Gasteiger charge is -2.26. The molecule has 2 saturated heterocycles. The molecule has 0 N–H and O–H groups in total. The molecule has 0 bridgehead atoms. The molecule has 2 fully saturated rings. The standard InChI is InChI=1S/C19H26N4O4S2/c1-13-17(19(24)22-8-10-27-11-9-22)28-18(20-13)15-12-16(14(2)21(15)3)29(25,26)23-6-4-5-7-23/h12H,4-11H2,1-3H3. The molecule has 0 saturated carbocycles. The van der Waals surface area contributed by atoms with E-state index in [1.807, 2.05) is 25.5 Å². The second-order valence-electron chi connectivity index (χ2n) is 7.49. The molecule has 4 rings (SSSR count). The Morgan fingerprint density at radius 3 is 2.45 bits per heavy atom. The van der Waals surface area contributed by atoms with Crippen molar-refractivity contribution in [1.82, 2.24) is 18.8 Å². The zero-order chi connectivity index (χ0) is 20.8. The molecule has 158 valence electrons. The number of nitrogens with zero attached hydrogens (tertiary/aromatic N) is 4. The first-order chi connectivity index (χ1) is 13.8. The zero-order valence-electron chi connectivity index (χ0n) is 17.0. The van der Waals surface area contributed by atoms with E-state index in [9.17, 15) is 13.2 Å². The Hall–Kier alpha value is -1.75. The van der Waals surface area contributed by atoms with Crippen molar-refractivity contribution < 1.29 is 17.9 Å². The van der Waals surface area contributed by atoms with Crippen LogP contribution in [0, 0.1) is 13.8 Å². The van der Waals surface area contributed by atoms with Gasteiger partial charge in [0.2, 0.25) is 10.0 Å². The third-order valence-corrected chi connectivity index (χ3v) is 8.86. The van der Waals surface area contributed by atoms with Crippen LogP contribution in [0.2, 0.25) is 0 Å². The van der Waals surface area contributed by atoms with Gasteiger partial charge in [0, 0.05) is 38.9 Å². The molecular formula is C19H26N4O4S2. The quantitative estimate of drug-likeness (QED) is 0.729. The highest BCUT2D eigenvalue weighted by atomic mass is 32.2. The number of aromatic nitrogens is 2. The maximum atomic E-state index is 13.1. The van der Waals surface area contributed by atoms with Crippen LogP contribution < -0.4 is 0 Å². The highest BCUT2D eigenvalue weighted by Crippen LogP contribution is 2.34. The fraction of sp³-hybridized carbons (Fsp3) is 0.579. The molecule has 0 radical (unpaired) electrons. The van der Waals surface area contributed by atoms with Crippen LogP contribution in [0.4, 0.5) is 0 Å². The van der Waals surface area contributed by atoms with Crippen molar-refractivity contribution in [3.8, 4) is 10.7 Å². The van der Waals surface area contributed by atoms with Crippen LogP contribution in [-0.2, 0) is 21.8 Å². The predicted octanol–water partition coefficient (Wildman–Crippen LogP) is 2.02. The minimum absolute atomic E-state index is 0.0367. The van der Waals surface area contributed by atoms with Crippen LogP contribution in [-0.4, -0.2) is 72.5 Å². The average molecular weight is 439 g/mol. The number of thiazole rings is 1. The molecule has 8 nitrogen and oxygen atoms in total. The van der Waals surface area contributed by atoms with Gasteiger partial charge in [-0.05, 0) is 32.8 Å². The van der Waals surface area contributed by atoms with E-state index in [1.165, 1.54) is 11.3 Å². The Bertz CT molecular complexity index is 1030. The van der Waals surface area contributed by atoms with Crippen LogP contribution in [0.25, 0.3) is 10.7 Å². The average Bonchev–Trinajstić information content (AvgIpc) is 3.43. The minimum atomic E-state index is -3.52. The fourth-order valence-corrected chi connectivity index (χ4v) is 6.69. The second-order valence-corrected chi connectivity index (χ2v) is 10.4. The summed E-state index contributed by atoms with van der Waals surface area (Å²) in [6, 6.07) is 1.70. The number of hydrogen-bond donors (Lipinski definition) is 0. The first kappa shape index (κ1) is 20.5. The third-order valence-electron chi connectivity index (χ3n) is 5.68. The molecule has 4 heterocycles. The van der Waals surface area contributed by atoms with Gasteiger partial charge in [-0.1, -0.05) is 0 Å². The number of hydrogen-bond acceptors (Lipinski definition) is 6. The number of ether oxygens (including phenoxy) is 1. The van der Waals surface area contributed by atoms with E-state index in [4.69, 9.17) is 4.74 Å². The molecule has 1 amide bonds. The molecule has 0 spiro atoms. The minimum Gasteiger partial charge on any atom is -0.378 e. The Labute approximate surface area is 175 Å². The topological polar surface area (TPSA) is 84.7 Å². The lowest BCUT2D eigenvalue weighted by atomic mass is 10.3. The van der Waals surface area contributed by atoms with Crippen LogP contribution in [0.5, 0.6) is 0 Å². The van der Waals surface area contributed by atoms with Gasteiger partial charge in [0.25, 0.3) is 5.91 Å². The van der Waals surface area contributed by atoms with Crippen molar-refractivity contribution in [1.29, 1.82) is 0 Å². The first-order valence-electron chi connectivity index (χ1n) is 9.82. The van der Waals surface area contributed by atoms with Gasteiger partial charge in [-0.15, -0.1) is 11.3 Å². The van der Waals surface area contributed by atoms with Crippen molar-refractivity contribution >= 4 is 27.3 Å². The van der Waals surface area contributed by atoms with Gasteiger partial charge in [-0.25, -0.2) is 13.4 Å². The van der Waals surface area contributed by atoms with Crippen molar-refractivity contribution in [2.45, 2.75) is 31.6 Å². The molecule has 2 aliphatic rings. The number of amides is 1. The smallest absolute Gasteiger partial charge is 0.266 e. The molecule has 2 aromatic rings. The van der Waals surface area contributed by atoms with E-state index in [0.29, 0.717) is 65.6 Å². The summed E-state index contributed by atoms with van der Waals surface area (Å²) in [4.78, 5) is 20.2. The molecular weight excluding hydrogens is 412 g/mol. The molecule has 0 aromatic carbocycles. The van der Waals surface area contributed by atoms with Gasteiger partial charge in [0.15, 0.2) is 0 Å². The number of aryl methyl sites for hydroxylation is 1. The molecule has 0 atom stereocenters. The van der Waals surface area contributed by atoms with E-state index in [2.05, 4.69) is 4.98 Å². The van der Waals surface area contributed by atoms with Gasteiger partial charge >= 0.3 is 0 Å². The SMILES string of the molecule is Cc1nc(-c2cc(S(=O)(=O)N3CCCC3)c(C)n2C)sc1C(=O)N1CCOCC1. The van der Waals surface area contributed by atoms with E-state index < -0.39 is 10.0 Å². The summed E-state index contributed by atoms with van der Waals surface area (Å²) in [5.74, 6) is -0.0367. The van der Waals surface area contributed by atoms with Gasteiger partial charge < -0.3 is 14.2 Å².